The summed E-state index contributed by atoms with van der Waals surface area (Å²) in [6.07, 6.45) is 0. The highest BCUT2D eigenvalue weighted by Crippen LogP contribution is 2.22. The molecule has 0 heterocycles. The average molecular weight is 306 g/mol. The number of amides is 1. The van der Waals surface area contributed by atoms with Gasteiger partial charge in [0.05, 0.1) is 16.6 Å². The first-order valence-corrected chi connectivity index (χ1v) is 7.10. The van der Waals surface area contributed by atoms with Gasteiger partial charge in [0.1, 0.15) is 5.82 Å². The molecular weight excluding hydrogens is 289 g/mol. The Morgan fingerprint density at radius 3 is 2.62 bits per heavy atom. The van der Waals surface area contributed by atoms with Gasteiger partial charge in [0.15, 0.2) is 0 Å². The Hall–Kier alpha value is -1.87. The lowest BCUT2D eigenvalue weighted by atomic mass is 9.99. The van der Waals surface area contributed by atoms with Crippen LogP contribution in [0, 0.1) is 19.7 Å². The van der Waals surface area contributed by atoms with Gasteiger partial charge in [-0.1, -0.05) is 41.4 Å². The Kier molecular flexibility index (Phi) is 4.63. The molecule has 1 atom stereocenters. The number of aryl methyl sites for hydroxylation is 2. The van der Waals surface area contributed by atoms with Gasteiger partial charge in [-0.05, 0) is 44.0 Å². The maximum absolute atomic E-state index is 13.8. The predicted molar refractivity (Wildman–Crippen MR) is 83.2 cm³/mol. The second kappa shape index (κ2) is 6.27. The van der Waals surface area contributed by atoms with Crippen molar-refractivity contribution >= 4 is 17.5 Å². The normalized spacial score (nSPS) is 12.0. The molecule has 0 radical (unpaired) electrons. The minimum absolute atomic E-state index is 0.112. The molecule has 2 rings (SSSR count). The van der Waals surface area contributed by atoms with Crippen LogP contribution in [-0.2, 0) is 0 Å². The summed E-state index contributed by atoms with van der Waals surface area (Å²) in [6.45, 7) is 5.84. The van der Waals surface area contributed by atoms with E-state index in [9.17, 15) is 9.18 Å². The lowest BCUT2D eigenvalue weighted by Crippen LogP contribution is -2.28. The van der Waals surface area contributed by atoms with Crippen LogP contribution in [0.4, 0.5) is 4.39 Å². The highest BCUT2D eigenvalue weighted by atomic mass is 35.5. The fourth-order valence-electron chi connectivity index (χ4n) is 2.29. The molecule has 1 unspecified atom stereocenters. The molecule has 21 heavy (non-hydrogen) atoms. The highest BCUT2D eigenvalue weighted by molar-refractivity contribution is 6.33. The second-order valence-corrected chi connectivity index (χ2v) is 5.56. The van der Waals surface area contributed by atoms with Gasteiger partial charge in [-0.2, -0.15) is 0 Å². The van der Waals surface area contributed by atoms with E-state index in [4.69, 9.17) is 11.6 Å². The SMILES string of the molecule is Cc1ccc(C)c(C(C)NC(=O)c2c(F)cccc2Cl)c1. The van der Waals surface area contributed by atoms with E-state index < -0.39 is 11.7 Å². The van der Waals surface area contributed by atoms with Gasteiger partial charge < -0.3 is 5.32 Å². The maximum atomic E-state index is 13.8. The first-order valence-electron chi connectivity index (χ1n) is 6.72. The van der Waals surface area contributed by atoms with Gasteiger partial charge in [-0.25, -0.2) is 4.39 Å². The van der Waals surface area contributed by atoms with Crippen molar-refractivity contribution in [2.45, 2.75) is 26.8 Å². The third-order valence-electron chi connectivity index (χ3n) is 3.44. The molecule has 0 spiro atoms. The van der Waals surface area contributed by atoms with Gasteiger partial charge >= 0.3 is 0 Å². The van der Waals surface area contributed by atoms with Crippen molar-refractivity contribution in [1.82, 2.24) is 5.32 Å². The van der Waals surface area contributed by atoms with Gasteiger partial charge in [-0.15, -0.1) is 0 Å². The number of hydrogen-bond acceptors (Lipinski definition) is 1. The zero-order valence-corrected chi connectivity index (χ0v) is 13.0. The van der Waals surface area contributed by atoms with Crippen LogP contribution in [0.15, 0.2) is 36.4 Å². The van der Waals surface area contributed by atoms with Gasteiger partial charge in [-0.3, -0.25) is 4.79 Å². The zero-order chi connectivity index (χ0) is 15.6. The van der Waals surface area contributed by atoms with Gasteiger partial charge in [0.25, 0.3) is 5.91 Å². The third-order valence-corrected chi connectivity index (χ3v) is 3.75. The van der Waals surface area contributed by atoms with Crippen molar-refractivity contribution in [1.29, 1.82) is 0 Å². The average Bonchev–Trinajstić information content (AvgIpc) is 2.41. The molecule has 0 saturated carbocycles. The first kappa shape index (κ1) is 15.5. The molecule has 0 bridgehead atoms. The molecule has 0 fully saturated rings. The van der Waals surface area contributed by atoms with Crippen LogP contribution in [0.1, 0.15) is 40.0 Å². The molecule has 0 aliphatic rings. The van der Waals surface area contributed by atoms with Crippen molar-refractivity contribution in [3.8, 4) is 0 Å². The minimum atomic E-state index is -0.617. The molecule has 0 aliphatic carbocycles. The molecule has 1 N–H and O–H groups in total. The van der Waals surface area contributed by atoms with Crippen molar-refractivity contribution < 1.29 is 9.18 Å². The van der Waals surface area contributed by atoms with E-state index in [0.29, 0.717) is 0 Å². The van der Waals surface area contributed by atoms with Crippen molar-refractivity contribution in [2.75, 3.05) is 0 Å². The van der Waals surface area contributed by atoms with Gasteiger partial charge in [0.2, 0.25) is 0 Å². The van der Waals surface area contributed by atoms with Crippen molar-refractivity contribution in [2.24, 2.45) is 0 Å². The van der Waals surface area contributed by atoms with Crippen LogP contribution in [0.2, 0.25) is 5.02 Å². The summed E-state index contributed by atoms with van der Waals surface area (Å²) in [5.41, 5.74) is 3.08. The number of carbonyl (C=O) groups is 1. The van der Waals surface area contributed by atoms with Crippen LogP contribution in [0.5, 0.6) is 0 Å². The predicted octanol–water partition coefficient (Wildman–Crippen LogP) is 4.59. The van der Waals surface area contributed by atoms with Gasteiger partial charge in [0, 0.05) is 0 Å². The van der Waals surface area contributed by atoms with E-state index in [2.05, 4.69) is 5.32 Å². The summed E-state index contributed by atoms with van der Waals surface area (Å²) in [6, 6.07) is 10.0. The summed E-state index contributed by atoms with van der Waals surface area (Å²) < 4.78 is 13.8. The van der Waals surface area contributed by atoms with Crippen LogP contribution in [0.3, 0.4) is 0 Å². The van der Waals surface area contributed by atoms with E-state index >= 15 is 0 Å². The Morgan fingerprint density at radius 2 is 1.95 bits per heavy atom. The van der Waals surface area contributed by atoms with Crippen molar-refractivity contribution in [3.05, 3.63) is 69.5 Å². The van der Waals surface area contributed by atoms with Crippen molar-refractivity contribution in [3.63, 3.8) is 0 Å². The number of halogens is 2. The van der Waals surface area contributed by atoms with Crippen LogP contribution in [0.25, 0.3) is 0 Å². The quantitative estimate of drug-likeness (QED) is 0.883. The Balaban J connectivity index is 2.25. The molecule has 1 amide bonds. The molecular formula is C17H17ClFNO. The summed E-state index contributed by atoms with van der Waals surface area (Å²) >= 11 is 5.91. The third kappa shape index (κ3) is 3.42. The second-order valence-electron chi connectivity index (χ2n) is 5.15. The summed E-state index contributed by atoms with van der Waals surface area (Å²) in [5.74, 6) is -1.13. The Morgan fingerprint density at radius 1 is 1.24 bits per heavy atom. The highest BCUT2D eigenvalue weighted by Gasteiger charge is 2.19. The zero-order valence-electron chi connectivity index (χ0n) is 12.2. The summed E-state index contributed by atoms with van der Waals surface area (Å²) in [7, 11) is 0. The lowest BCUT2D eigenvalue weighted by molar-refractivity contribution is 0.0936. The molecule has 0 aromatic heterocycles. The number of hydrogen-bond donors (Lipinski definition) is 1. The monoisotopic (exact) mass is 305 g/mol. The molecule has 110 valence electrons. The Labute approximate surface area is 128 Å². The summed E-state index contributed by atoms with van der Waals surface area (Å²) in [5, 5.41) is 2.91. The topological polar surface area (TPSA) is 29.1 Å². The van der Waals surface area contributed by atoms with Crippen LogP contribution < -0.4 is 5.32 Å². The first-order chi connectivity index (χ1) is 9.90. The van der Waals surface area contributed by atoms with E-state index in [1.807, 2.05) is 39.0 Å². The van der Waals surface area contributed by atoms with E-state index in [0.717, 1.165) is 16.7 Å². The standard InChI is InChI=1S/C17H17ClFNO/c1-10-7-8-11(2)13(9-10)12(3)20-17(21)16-14(18)5-4-6-15(16)19/h4-9,12H,1-3H3,(H,20,21). The molecule has 2 aromatic rings. The fraction of sp³-hybridized carbons (Fsp3) is 0.235. The fourth-order valence-corrected chi connectivity index (χ4v) is 2.54. The summed E-state index contributed by atoms with van der Waals surface area (Å²) in [4.78, 5) is 12.2. The number of carbonyl (C=O) groups excluding carboxylic acids is 1. The van der Waals surface area contributed by atoms with Crippen LogP contribution in [-0.4, -0.2) is 5.91 Å². The molecule has 4 heteroatoms. The number of nitrogens with one attached hydrogen (secondary N) is 1. The van der Waals surface area contributed by atoms with Crippen LogP contribution >= 0.6 is 11.6 Å². The molecule has 0 saturated heterocycles. The Bertz CT molecular complexity index is 664. The number of rotatable bonds is 3. The molecule has 2 nitrogen and oxygen atoms in total. The number of benzene rings is 2. The van der Waals surface area contributed by atoms with E-state index in [1.54, 1.807) is 0 Å². The largest absolute Gasteiger partial charge is 0.345 e. The lowest BCUT2D eigenvalue weighted by Gasteiger charge is -2.18. The molecule has 0 aliphatic heterocycles. The smallest absolute Gasteiger partial charge is 0.256 e. The van der Waals surface area contributed by atoms with E-state index in [-0.39, 0.29) is 16.6 Å². The maximum Gasteiger partial charge on any atom is 0.256 e. The minimum Gasteiger partial charge on any atom is -0.345 e. The van der Waals surface area contributed by atoms with E-state index in [1.165, 1.54) is 18.2 Å². The molecule has 2 aromatic carbocycles.